The summed E-state index contributed by atoms with van der Waals surface area (Å²) in [6.07, 6.45) is -4.57. The van der Waals surface area contributed by atoms with E-state index in [1.165, 1.54) is 19.1 Å². The summed E-state index contributed by atoms with van der Waals surface area (Å²) in [6.45, 7) is 1.50. The van der Waals surface area contributed by atoms with Crippen molar-refractivity contribution in [3.05, 3.63) is 41.7 Å². The second kappa shape index (κ2) is 6.08. The Kier molecular flexibility index (Phi) is 4.39. The number of benzene rings is 1. The summed E-state index contributed by atoms with van der Waals surface area (Å²) in [4.78, 5) is 11.8. The molecule has 0 fully saturated rings. The molecule has 118 valence electrons. The second-order valence-electron chi connectivity index (χ2n) is 4.71. The molecule has 1 amide bonds. The molecular weight excluding hydrogens is 299 g/mol. The molecule has 2 rings (SSSR count). The Labute approximate surface area is 124 Å². The number of aromatic hydroxyl groups is 1. The summed E-state index contributed by atoms with van der Waals surface area (Å²) < 4.78 is 38.7. The lowest BCUT2D eigenvalue weighted by molar-refractivity contribution is -0.141. The zero-order chi connectivity index (χ0) is 16.3. The molecule has 0 radical (unpaired) electrons. The van der Waals surface area contributed by atoms with E-state index in [-0.39, 0.29) is 24.4 Å². The van der Waals surface area contributed by atoms with Crippen LogP contribution >= 0.6 is 0 Å². The fraction of sp³-hybridized carbons (Fsp3) is 0.286. The number of carbonyl (C=O) groups is 1. The Bertz CT molecular complexity index is 680. The minimum atomic E-state index is -4.51. The molecule has 8 heteroatoms. The zero-order valence-electron chi connectivity index (χ0n) is 11.7. The first-order valence-corrected chi connectivity index (χ1v) is 6.47. The van der Waals surface area contributed by atoms with Crippen molar-refractivity contribution in [3.63, 3.8) is 0 Å². The van der Waals surface area contributed by atoms with Gasteiger partial charge in [-0.1, -0.05) is 12.1 Å². The van der Waals surface area contributed by atoms with Gasteiger partial charge < -0.3 is 10.4 Å². The first-order chi connectivity index (χ1) is 10.3. The van der Waals surface area contributed by atoms with E-state index in [4.69, 9.17) is 0 Å². The number of halogens is 3. The number of phenols is 1. The number of aryl methyl sites for hydroxylation is 2. The number of aromatic nitrogens is 2. The molecule has 0 saturated heterocycles. The number of anilines is 1. The minimum Gasteiger partial charge on any atom is -0.506 e. The van der Waals surface area contributed by atoms with Gasteiger partial charge in [0.1, 0.15) is 5.75 Å². The van der Waals surface area contributed by atoms with Gasteiger partial charge in [0.15, 0.2) is 5.69 Å². The highest BCUT2D eigenvalue weighted by Crippen LogP contribution is 2.28. The highest BCUT2D eigenvalue weighted by molar-refractivity contribution is 5.92. The number of alkyl halides is 3. The van der Waals surface area contributed by atoms with Gasteiger partial charge in [-0.15, -0.1) is 0 Å². The largest absolute Gasteiger partial charge is 0.506 e. The van der Waals surface area contributed by atoms with Crippen LogP contribution in [0, 0.1) is 6.92 Å². The van der Waals surface area contributed by atoms with E-state index in [1.807, 2.05) is 0 Å². The van der Waals surface area contributed by atoms with Gasteiger partial charge in [0.05, 0.1) is 5.69 Å². The van der Waals surface area contributed by atoms with Crippen LogP contribution in [0.15, 0.2) is 30.3 Å². The SMILES string of the molecule is Cc1cc(C(F)(F)F)nn1CCC(=O)Nc1ccccc1O. The molecule has 0 aliphatic heterocycles. The Morgan fingerprint density at radius 2 is 2.05 bits per heavy atom. The molecule has 0 atom stereocenters. The fourth-order valence-electron chi connectivity index (χ4n) is 1.87. The molecule has 0 bridgehead atoms. The van der Waals surface area contributed by atoms with Gasteiger partial charge in [-0.25, -0.2) is 0 Å². The van der Waals surface area contributed by atoms with Gasteiger partial charge in [-0.2, -0.15) is 18.3 Å². The molecule has 0 aliphatic carbocycles. The van der Waals surface area contributed by atoms with Crippen LogP contribution < -0.4 is 5.32 Å². The lowest BCUT2D eigenvalue weighted by Crippen LogP contribution is -2.16. The molecule has 1 heterocycles. The van der Waals surface area contributed by atoms with Crippen molar-refractivity contribution in [1.29, 1.82) is 0 Å². The quantitative estimate of drug-likeness (QED) is 0.853. The standard InChI is InChI=1S/C14H14F3N3O2/c1-9-8-12(14(15,16)17)19-20(9)7-6-13(22)18-10-4-2-3-5-11(10)21/h2-5,8,21H,6-7H2,1H3,(H,18,22). The molecule has 2 N–H and O–H groups in total. The molecule has 0 saturated carbocycles. The first kappa shape index (κ1) is 15.9. The van der Waals surface area contributed by atoms with Gasteiger partial charge in [-0.05, 0) is 25.1 Å². The molecule has 5 nitrogen and oxygen atoms in total. The van der Waals surface area contributed by atoms with Crippen LogP contribution in [0.1, 0.15) is 17.8 Å². The van der Waals surface area contributed by atoms with Crippen molar-refractivity contribution in [2.45, 2.75) is 26.1 Å². The van der Waals surface area contributed by atoms with Gasteiger partial charge in [0.2, 0.25) is 5.91 Å². The minimum absolute atomic E-state index is 0.0152. The number of amides is 1. The number of rotatable bonds is 4. The zero-order valence-corrected chi connectivity index (χ0v) is 11.7. The third-order valence-electron chi connectivity index (χ3n) is 3.00. The van der Waals surface area contributed by atoms with Crippen molar-refractivity contribution in [1.82, 2.24) is 9.78 Å². The molecule has 1 aromatic carbocycles. The third kappa shape index (κ3) is 3.78. The lowest BCUT2D eigenvalue weighted by Gasteiger charge is -2.08. The monoisotopic (exact) mass is 313 g/mol. The summed E-state index contributed by atoms with van der Waals surface area (Å²) >= 11 is 0. The lowest BCUT2D eigenvalue weighted by atomic mass is 10.3. The predicted molar refractivity (Wildman–Crippen MR) is 73.3 cm³/mol. The summed E-state index contributed by atoms with van der Waals surface area (Å²) in [7, 11) is 0. The Morgan fingerprint density at radius 1 is 1.36 bits per heavy atom. The maximum absolute atomic E-state index is 12.5. The molecule has 22 heavy (non-hydrogen) atoms. The van der Waals surface area contributed by atoms with Crippen molar-refractivity contribution in [3.8, 4) is 5.75 Å². The number of carbonyl (C=O) groups excluding carboxylic acids is 1. The summed E-state index contributed by atoms with van der Waals surface area (Å²) in [5, 5.41) is 15.4. The number of hydrogen-bond donors (Lipinski definition) is 2. The summed E-state index contributed by atoms with van der Waals surface area (Å²) in [5.74, 6) is -0.504. The smallest absolute Gasteiger partial charge is 0.435 e. The van der Waals surface area contributed by atoms with Crippen molar-refractivity contribution in [2.75, 3.05) is 5.32 Å². The summed E-state index contributed by atoms with van der Waals surface area (Å²) in [6, 6.07) is 7.12. The van der Waals surface area contributed by atoms with E-state index < -0.39 is 17.8 Å². The number of nitrogens with zero attached hydrogens (tertiary/aromatic N) is 2. The average molecular weight is 313 g/mol. The Balaban J connectivity index is 1.97. The number of hydrogen-bond acceptors (Lipinski definition) is 3. The first-order valence-electron chi connectivity index (χ1n) is 6.47. The number of para-hydroxylation sites is 2. The topological polar surface area (TPSA) is 67.2 Å². The van der Waals surface area contributed by atoms with Gasteiger partial charge in [0, 0.05) is 18.7 Å². The van der Waals surface area contributed by atoms with E-state index in [2.05, 4.69) is 10.4 Å². The molecule has 0 unspecified atom stereocenters. The second-order valence-corrected chi connectivity index (χ2v) is 4.71. The van der Waals surface area contributed by atoms with E-state index in [1.54, 1.807) is 12.1 Å². The Hall–Kier alpha value is -2.51. The van der Waals surface area contributed by atoms with Crippen molar-refractivity contribution >= 4 is 11.6 Å². The van der Waals surface area contributed by atoms with Gasteiger partial charge >= 0.3 is 6.18 Å². The third-order valence-corrected chi connectivity index (χ3v) is 3.00. The molecule has 0 spiro atoms. The highest BCUT2D eigenvalue weighted by atomic mass is 19.4. The Morgan fingerprint density at radius 3 is 2.64 bits per heavy atom. The molecule has 1 aromatic heterocycles. The van der Waals surface area contributed by atoms with Crippen LogP contribution in [0.2, 0.25) is 0 Å². The highest BCUT2D eigenvalue weighted by Gasteiger charge is 2.34. The van der Waals surface area contributed by atoms with Crippen LogP contribution in [0.4, 0.5) is 18.9 Å². The summed E-state index contributed by atoms with van der Waals surface area (Å²) in [5.41, 5.74) is -0.408. The van der Waals surface area contributed by atoms with E-state index in [0.29, 0.717) is 5.69 Å². The molecular formula is C14H14F3N3O2. The fourth-order valence-corrected chi connectivity index (χ4v) is 1.87. The van der Waals surface area contributed by atoms with Crippen LogP contribution in [0.3, 0.4) is 0 Å². The predicted octanol–water partition coefficient (Wildman–Crippen LogP) is 2.94. The van der Waals surface area contributed by atoms with Crippen LogP contribution in [0.5, 0.6) is 5.75 Å². The maximum Gasteiger partial charge on any atom is 0.435 e. The van der Waals surface area contributed by atoms with Crippen molar-refractivity contribution < 1.29 is 23.1 Å². The molecule has 2 aromatic rings. The normalized spacial score (nSPS) is 11.5. The van der Waals surface area contributed by atoms with Gasteiger partial charge in [0.25, 0.3) is 0 Å². The van der Waals surface area contributed by atoms with Gasteiger partial charge in [-0.3, -0.25) is 9.48 Å². The van der Waals surface area contributed by atoms with E-state index in [9.17, 15) is 23.1 Å². The number of phenolic OH excluding ortho intramolecular Hbond substituents is 1. The maximum atomic E-state index is 12.5. The van der Waals surface area contributed by atoms with E-state index >= 15 is 0 Å². The number of nitrogens with one attached hydrogen (secondary N) is 1. The average Bonchev–Trinajstić information content (AvgIpc) is 2.80. The van der Waals surface area contributed by atoms with Crippen LogP contribution in [-0.4, -0.2) is 20.8 Å². The van der Waals surface area contributed by atoms with Crippen LogP contribution in [0.25, 0.3) is 0 Å². The van der Waals surface area contributed by atoms with Crippen LogP contribution in [-0.2, 0) is 17.5 Å². The van der Waals surface area contributed by atoms with E-state index in [0.717, 1.165) is 10.7 Å². The van der Waals surface area contributed by atoms with Crippen molar-refractivity contribution in [2.24, 2.45) is 0 Å². The molecule has 0 aliphatic rings.